The fourth-order valence-electron chi connectivity index (χ4n) is 3.22. The quantitative estimate of drug-likeness (QED) is 0.355. The van der Waals surface area contributed by atoms with Crippen LogP contribution in [0.5, 0.6) is 5.75 Å². The van der Waals surface area contributed by atoms with Crippen molar-refractivity contribution in [2.45, 2.75) is 43.4 Å². The van der Waals surface area contributed by atoms with Crippen molar-refractivity contribution >= 4 is 38.3 Å². The molecule has 1 atom stereocenters. The number of amides is 1. The van der Waals surface area contributed by atoms with Crippen LogP contribution in [0, 0.1) is 3.57 Å². The Hall–Kier alpha value is -2.03. The Morgan fingerprint density at radius 1 is 1.06 bits per heavy atom. The smallest absolute Gasteiger partial charge is 0.425 e. The summed E-state index contributed by atoms with van der Waals surface area (Å²) in [7, 11) is -3.81. The lowest BCUT2D eigenvalue weighted by Crippen LogP contribution is -2.32. The predicted octanol–water partition coefficient (Wildman–Crippen LogP) is 5.20. The minimum atomic E-state index is -4.75. The van der Waals surface area contributed by atoms with Gasteiger partial charge in [-0.1, -0.05) is 0 Å². The van der Waals surface area contributed by atoms with Crippen LogP contribution in [0.2, 0.25) is 0 Å². The molecule has 0 radical (unpaired) electrons. The molecule has 0 spiro atoms. The zero-order chi connectivity index (χ0) is 24.9. The fraction of sp³-hybridized carbons (Fsp3) is 0.350. The second kappa shape index (κ2) is 8.64. The van der Waals surface area contributed by atoms with Crippen LogP contribution < -0.4 is 4.74 Å². The molecule has 0 aromatic heterocycles. The van der Waals surface area contributed by atoms with E-state index in [0.717, 1.165) is 42.3 Å². The van der Waals surface area contributed by atoms with Crippen LogP contribution in [0.1, 0.15) is 34.0 Å². The monoisotopic (exact) mass is 607 g/mol. The van der Waals surface area contributed by atoms with Crippen molar-refractivity contribution in [2.75, 3.05) is 6.26 Å². The molecule has 0 saturated carbocycles. The summed E-state index contributed by atoms with van der Waals surface area (Å²) >= 11 is 1.54. The molecule has 33 heavy (non-hydrogen) atoms. The number of halogens is 7. The topological polar surface area (TPSA) is 63.7 Å². The number of benzene rings is 2. The lowest BCUT2D eigenvalue weighted by atomic mass is 10.1. The second-order valence-electron chi connectivity index (χ2n) is 7.49. The van der Waals surface area contributed by atoms with Crippen molar-refractivity contribution in [3.63, 3.8) is 0 Å². The molecule has 0 aliphatic carbocycles. The maximum atomic E-state index is 13.2. The molecule has 1 aliphatic heterocycles. The Kier molecular flexibility index (Phi) is 6.70. The largest absolute Gasteiger partial charge is 0.480 e. The first-order valence-corrected chi connectivity index (χ1v) is 12.2. The summed E-state index contributed by atoms with van der Waals surface area (Å²) in [5.74, 6) is -1.36. The van der Waals surface area contributed by atoms with Crippen molar-refractivity contribution in [3.8, 4) is 5.75 Å². The lowest BCUT2D eigenvalue weighted by Gasteiger charge is -2.22. The van der Waals surface area contributed by atoms with Crippen LogP contribution in [0.3, 0.4) is 0 Å². The third-order valence-electron chi connectivity index (χ3n) is 4.98. The van der Waals surface area contributed by atoms with Gasteiger partial charge in [-0.2, -0.15) is 26.3 Å². The number of sulfone groups is 1. The van der Waals surface area contributed by atoms with Crippen LogP contribution in [0.15, 0.2) is 35.2 Å². The molecule has 1 heterocycles. The van der Waals surface area contributed by atoms with Crippen LogP contribution in [0.25, 0.3) is 0 Å². The van der Waals surface area contributed by atoms with E-state index < -0.39 is 51.1 Å². The molecule has 0 unspecified atom stereocenters. The molecule has 1 amide bonds. The summed E-state index contributed by atoms with van der Waals surface area (Å²) in [4.78, 5) is 14.0. The second-order valence-corrected chi connectivity index (χ2v) is 10.7. The first-order valence-electron chi connectivity index (χ1n) is 9.23. The van der Waals surface area contributed by atoms with Gasteiger partial charge in [0, 0.05) is 22.9 Å². The van der Waals surface area contributed by atoms with Gasteiger partial charge in [-0.15, -0.1) is 0 Å². The number of hydrogen-bond acceptors (Lipinski definition) is 4. The van der Waals surface area contributed by atoms with Crippen LogP contribution in [-0.4, -0.2) is 37.8 Å². The summed E-state index contributed by atoms with van der Waals surface area (Å²) in [6.45, 7) is 0.399. The number of hydrogen-bond donors (Lipinski definition) is 0. The third-order valence-corrected chi connectivity index (χ3v) is 6.98. The molecule has 3 rings (SSSR count). The molecule has 0 saturated heterocycles. The zero-order valence-corrected chi connectivity index (χ0v) is 20.0. The number of alkyl halides is 6. The molecule has 5 nitrogen and oxygen atoms in total. The van der Waals surface area contributed by atoms with Gasteiger partial charge < -0.3 is 9.64 Å². The highest BCUT2D eigenvalue weighted by Crippen LogP contribution is 2.38. The van der Waals surface area contributed by atoms with Crippen LogP contribution in [-0.2, 0) is 29.1 Å². The Morgan fingerprint density at radius 3 is 2.15 bits per heavy atom. The van der Waals surface area contributed by atoms with Gasteiger partial charge in [0.1, 0.15) is 5.75 Å². The molecule has 180 valence electrons. The van der Waals surface area contributed by atoms with Crippen molar-refractivity contribution < 1.29 is 44.3 Å². The Morgan fingerprint density at radius 2 is 1.64 bits per heavy atom. The van der Waals surface area contributed by atoms with Crippen molar-refractivity contribution in [2.24, 2.45) is 0 Å². The van der Waals surface area contributed by atoms with Gasteiger partial charge in [0.15, 0.2) is 15.9 Å². The van der Waals surface area contributed by atoms with Gasteiger partial charge in [-0.3, -0.25) is 4.79 Å². The standard InChI is InChI=1S/C20H16F6INO4S/c1-10(19(21,22)23)32-17-4-3-13(33(2,30)31)7-14(17)18(29)28-8-11-5-15(20(24,25)26)16(27)6-12(11)9-28/h3-7,10H,8-9H2,1-2H3/t10-/m0/s1. The van der Waals surface area contributed by atoms with E-state index >= 15 is 0 Å². The summed E-state index contributed by atoms with van der Waals surface area (Å²) in [5, 5.41) is 0. The average Bonchev–Trinajstić information content (AvgIpc) is 3.07. The lowest BCUT2D eigenvalue weighted by molar-refractivity contribution is -0.189. The average molecular weight is 607 g/mol. The minimum Gasteiger partial charge on any atom is -0.480 e. The van der Waals surface area contributed by atoms with Gasteiger partial charge in [-0.05, 0) is 71.0 Å². The SMILES string of the molecule is C[C@H](Oc1ccc(S(C)(=O)=O)cc1C(=O)N1Cc2cc(I)c(C(F)(F)F)cc2C1)C(F)(F)F. The molecule has 0 bridgehead atoms. The molecule has 13 heteroatoms. The van der Waals surface area contributed by atoms with Crippen molar-refractivity contribution in [3.05, 3.63) is 56.2 Å². The molecular formula is C20H16F6INO4S. The van der Waals surface area contributed by atoms with E-state index in [1.54, 1.807) is 0 Å². The number of ether oxygens (including phenoxy) is 1. The molecule has 0 N–H and O–H groups in total. The van der Waals surface area contributed by atoms with Gasteiger partial charge >= 0.3 is 12.4 Å². The zero-order valence-electron chi connectivity index (χ0n) is 17.0. The van der Waals surface area contributed by atoms with Crippen molar-refractivity contribution in [1.82, 2.24) is 4.90 Å². The highest BCUT2D eigenvalue weighted by atomic mass is 127. The van der Waals surface area contributed by atoms with Crippen molar-refractivity contribution in [1.29, 1.82) is 0 Å². The summed E-state index contributed by atoms with van der Waals surface area (Å²) < 4.78 is 107. The fourth-order valence-corrected chi connectivity index (χ4v) is 4.70. The van der Waals surface area contributed by atoms with E-state index in [4.69, 9.17) is 4.74 Å². The number of carbonyl (C=O) groups excluding carboxylic acids is 1. The number of rotatable bonds is 4. The molecule has 2 aromatic carbocycles. The maximum Gasteiger partial charge on any atom is 0.425 e. The minimum absolute atomic E-state index is 0.0600. The van der Waals surface area contributed by atoms with E-state index in [0.29, 0.717) is 5.56 Å². The maximum absolute atomic E-state index is 13.2. The van der Waals surface area contributed by atoms with Gasteiger partial charge in [0.25, 0.3) is 5.91 Å². The Labute approximate surface area is 198 Å². The summed E-state index contributed by atoms with van der Waals surface area (Å²) in [6, 6.07) is 5.10. The van der Waals surface area contributed by atoms with E-state index in [9.17, 15) is 39.6 Å². The van der Waals surface area contributed by atoms with E-state index in [-0.39, 0.29) is 27.1 Å². The van der Waals surface area contributed by atoms with E-state index in [2.05, 4.69) is 0 Å². The Bertz CT molecular complexity index is 1210. The highest BCUT2D eigenvalue weighted by molar-refractivity contribution is 14.1. The number of nitrogens with zero attached hydrogens (tertiary/aromatic N) is 1. The van der Waals surface area contributed by atoms with Crippen LogP contribution >= 0.6 is 22.6 Å². The molecular weight excluding hydrogens is 591 g/mol. The van der Waals surface area contributed by atoms with E-state index in [1.807, 2.05) is 0 Å². The first kappa shape index (κ1) is 25.6. The predicted molar refractivity (Wildman–Crippen MR) is 113 cm³/mol. The summed E-state index contributed by atoms with van der Waals surface area (Å²) in [5.41, 5.74) is -0.613. The van der Waals surface area contributed by atoms with Gasteiger partial charge in [-0.25, -0.2) is 8.42 Å². The Balaban J connectivity index is 1.99. The van der Waals surface area contributed by atoms with E-state index in [1.165, 1.54) is 28.7 Å². The molecule has 1 aliphatic rings. The van der Waals surface area contributed by atoms with Crippen LogP contribution in [0.4, 0.5) is 26.3 Å². The van der Waals surface area contributed by atoms with Gasteiger partial charge in [0.2, 0.25) is 0 Å². The third kappa shape index (κ3) is 5.55. The number of fused-ring (bicyclic) bond motifs is 1. The molecule has 2 aromatic rings. The first-order chi connectivity index (χ1) is 15.0. The highest BCUT2D eigenvalue weighted by Gasteiger charge is 2.39. The molecule has 0 fully saturated rings. The number of carbonyl (C=O) groups is 1. The normalized spacial score (nSPS) is 15.4. The summed E-state index contributed by atoms with van der Waals surface area (Å²) in [6.07, 6.45) is -10.8. The van der Waals surface area contributed by atoms with Gasteiger partial charge in [0.05, 0.1) is 16.0 Å².